The van der Waals surface area contributed by atoms with Crippen molar-refractivity contribution in [3.63, 3.8) is 0 Å². The first-order valence-corrected chi connectivity index (χ1v) is 6.61. The molecule has 0 saturated heterocycles. The third kappa shape index (κ3) is 3.94. The molecule has 3 nitrogen and oxygen atoms in total. The van der Waals surface area contributed by atoms with Crippen LogP contribution in [0.3, 0.4) is 0 Å². The van der Waals surface area contributed by atoms with Crippen LogP contribution < -0.4 is 10.6 Å². The number of carbonyl (C=O) groups excluding carboxylic acids is 1. The summed E-state index contributed by atoms with van der Waals surface area (Å²) < 4.78 is 0. The highest BCUT2D eigenvalue weighted by atomic mass is 32.1. The maximum atomic E-state index is 11.5. The van der Waals surface area contributed by atoms with Crippen molar-refractivity contribution in [3.05, 3.63) is 21.9 Å². The fourth-order valence-corrected chi connectivity index (χ4v) is 2.36. The van der Waals surface area contributed by atoms with E-state index in [0.29, 0.717) is 19.0 Å². The predicted molar refractivity (Wildman–Crippen MR) is 66.5 cm³/mol. The number of nitrogens with one attached hydrogen (secondary N) is 2. The van der Waals surface area contributed by atoms with Gasteiger partial charge in [0, 0.05) is 28.8 Å². The number of aryl methyl sites for hydroxylation is 1. The smallest absolute Gasteiger partial charge is 0.221 e. The molecule has 1 aliphatic rings. The van der Waals surface area contributed by atoms with E-state index in [2.05, 4.69) is 29.7 Å². The lowest BCUT2D eigenvalue weighted by Crippen LogP contribution is -2.27. The van der Waals surface area contributed by atoms with Gasteiger partial charge in [-0.05, 0) is 31.9 Å². The normalized spacial score (nSPS) is 15.1. The molecule has 4 heteroatoms. The predicted octanol–water partition coefficient (Wildman–Crippen LogP) is 1.81. The van der Waals surface area contributed by atoms with Crippen LogP contribution in [0.5, 0.6) is 0 Å². The highest BCUT2D eigenvalue weighted by molar-refractivity contribution is 7.11. The zero-order valence-electron chi connectivity index (χ0n) is 9.58. The van der Waals surface area contributed by atoms with Crippen LogP contribution in [-0.4, -0.2) is 18.5 Å². The summed E-state index contributed by atoms with van der Waals surface area (Å²) >= 11 is 1.74. The van der Waals surface area contributed by atoms with Gasteiger partial charge in [0.2, 0.25) is 5.91 Å². The Bertz CT molecular complexity index is 358. The van der Waals surface area contributed by atoms with Gasteiger partial charge in [0.1, 0.15) is 0 Å². The molecule has 16 heavy (non-hydrogen) atoms. The quantitative estimate of drug-likeness (QED) is 0.793. The minimum Gasteiger partial charge on any atom is -0.351 e. The second kappa shape index (κ2) is 5.46. The van der Waals surface area contributed by atoms with Crippen LogP contribution in [0.4, 0.5) is 0 Å². The maximum absolute atomic E-state index is 11.5. The second-order valence-corrected chi connectivity index (χ2v) is 5.64. The molecule has 0 radical (unpaired) electrons. The topological polar surface area (TPSA) is 41.1 Å². The summed E-state index contributed by atoms with van der Waals surface area (Å²) in [6.45, 7) is 3.55. The number of amides is 1. The number of rotatable bonds is 6. The van der Waals surface area contributed by atoms with E-state index < -0.39 is 0 Å². The summed E-state index contributed by atoms with van der Waals surface area (Å²) in [5.41, 5.74) is 0. The Labute approximate surface area is 100 Å². The van der Waals surface area contributed by atoms with Crippen molar-refractivity contribution >= 4 is 17.2 Å². The zero-order valence-corrected chi connectivity index (χ0v) is 10.4. The molecule has 1 amide bonds. The van der Waals surface area contributed by atoms with Crippen LogP contribution in [-0.2, 0) is 11.3 Å². The Morgan fingerprint density at radius 3 is 2.94 bits per heavy atom. The standard InChI is InChI=1S/C12H18N2OS/c1-9-2-5-11(16-9)8-14-12(15)6-7-13-10-3-4-10/h2,5,10,13H,3-4,6-8H2,1H3,(H,14,15). The van der Waals surface area contributed by atoms with Crippen LogP contribution in [0.15, 0.2) is 12.1 Å². The van der Waals surface area contributed by atoms with E-state index in [-0.39, 0.29) is 5.91 Å². The Morgan fingerprint density at radius 2 is 2.31 bits per heavy atom. The van der Waals surface area contributed by atoms with Crippen LogP contribution in [0, 0.1) is 6.92 Å². The zero-order chi connectivity index (χ0) is 11.4. The average molecular weight is 238 g/mol. The molecule has 2 N–H and O–H groups in total. The van der Waals surface area contributed by atoms with E-state index in [0.717, 1.165) is 6.54 Å². The van der Waals surface area contributed by atoms with Crippen LogP contribution >= 0.6 is 11.3 Å². The Kier molecular flexibility index (Phi) is 3.96. The summed E-state index contributed by atoms with van der Waals surface area (Å²) in [6, 6.07) is 4.84. The number of thiophene rings is 1. The lowest BCUT2D eigenvalue weighted by molar-refractivity contribution is -0.121. The highest BCUT2D eigenvalue weighted by Crippen LogP contribution is 2.18. The van der Waals surface area contributed by atoms with E-state index in [9.17, 15) is 4.79 Å². The van der Waals surface area contributed by atoms with Crippen LogP contribution in [0.25, 0.3) is 0 Å². The molecule has 2 rings (SSSR count). The summed E-state index contributed by atoms with van der Waals surface area (Å²) in [7, 11) is 0. The summed E-state index contributed by atoms with van der Waals surface area (Å²) in [5, 5.41) is 6.27. The van der Waals surface area contributed by atoms with Crippen molar-refractivity contribution in [1.29, 1.82) is 0 Å². The Morgan fingerprint density at radius 1 is 1.50 bits per heavy atom. The van der Waals surface area contributed by atoms with Crippen molar-refractivity contribution in [1.82, 2.24) is 10.6 Å². The molecule has 1 aromatic rings. The second-order valence-electron chi connectivity index (χ2n) is 4.27. The van der Waals surface area contributed by atoms with Crippen molar-refractivity contribution in [3.8, 4) is 0 Å². The Balaban J connectivity index is 1.59. The molecular weight excluding hydrogens is 220 g/mol. The number of carbonyl (C=O) groups is 1. The molecule has 0 aromatic carbocycles. The van der Waals surface area contributed by atoms with E-state index >= 15 is 0 Å². The van der Waals surface area contributed by atoms with E-state index in [4.69, 9.17) is 0 Å². The number of hydrogen-bond acceptors (Lipinski definition) is 3. The van der Waals surface area contributed by atoms with Gasteiger partial charge >= 0.3 is 0 Å². The molecule has 1 aromatic heterocycles. The van der Waals surface area contributed by atoms with Gasteiger partial charge in [0.05, 0.1) is 6.54 Å². The lowest BCUT2D eigenvalue weighted by Gasteiger charge is -2.04. The molecule has 0 unspecified atom stereocenters. The fraction of sp³-hybridized carbons (Fsp3) is 0.583. The van der Waals surface area contributed by atoms with Crippen molar-refractivity contribution in [2.24, 2.45) is 0 Å². The lowest BCUT2D eigenvalue weighted by atomic mass is 10.3. The average Bonchev–Trinajstić information content (AvgIpc) is 2.98. The molecule has 0 spiro atoms. The summed E-state index contributed by atoms with van der Waals surface area (Å²) in [4.78, 5) is 14.0. The van der Waals surface area contributed by atoms with E-state index in [1.807, 2.05) is 0 Å². The molecule has 0 bridgehead atoms. The molecule has 0 aliphatic heterocycles. The monoisotopic (exact) mass is 238 g/mol. The number of hydrogen-bond donors (Lipinski definition) is 2. The molecular formula is C12H18N2OS. The van der Waals surface area contributed by atoms with Crippen LogP contribution in [0.1, 0.15) is 29.0 Å². The molecule has 1 aliphatic carbocycles. The van der Waals surface area contributed by atoms with Gasteiger partial charge in [-0.15, -0.1) is 11.3 Å². The minimum atomic E-state index is 0.138. The molecule has 1 fully saturated rings. The van der Waals surface area contributed by atoms with Gasteiger partial charge in [-0.2, -0.15) is 0 Å². The summed E-state index contributed by atoms with van der Waals surface area (Å²) in [5.74, 6) is 0.138. The van der Waals surface area contributed by atoms with Gasteiger partial charge < -0.3 is 10.6 Å². The first-order valence-electron chi connectivity index (χ1n) is 5.79. The SMILES string of the molecule is Cc1ccc(CNC(=O)CCNC2CC2)s1. The van der Waals surface area contributed by atoms with Crippen molar-refractivity contribution in [2.75, 3.05) is 6.54 Å². The highest BCUT2D eigenvalue weighted by Gasteiger charge is 2.19. The van der Waals surface area contributed by atoms with Gasteiger partial charge in [0.25, 0.3) is 0 Å². The van der Waals surface area contributed by atoms with Gasteiger partial charge in [-0.3, -0.25) is 4.79 Å². The first kappa shape index (κ1) is 11.6. The molecule has 88 valence electrons. The largest absolute Gasteiger partial charge is 0.351 e. The fourth-order valence-electron chi connectivity index (χ4n) is 1.53. The molecule has 1 heterocycles. The minimum absolute atomic E-state index is 0.138. The first-order chi connectivity index (χ1) is 7.74. The van der Waals surface area contributed by atoms with Crippen molar-refractivity contribution < 1.29 is 4.79 Å². The van der Waals surface area contributed by atoms with Crippen molar-refractivity contribution in [2.45, 2.75) is 38.8 Å². The maximum Gasteiger partial charge on any atom is 0.221 e. The van der Waals surface area contributed by atoms with Gasteiger partial charge in [0.15, 0.2) is 0 Å². The third-order valence-electron chi connectivity index (χ3n) is 2.62. The Hall–Kier alpha value is -0.870. The summed E-state index contributed by atoms with van der Waals surface area (Å²) in [6.07, 6.45) is 3.13. The van der Waals surface area contributed by atoms with Crippen LogP contribution in [0.2, 0.25) is 0 Å². The van der Waals surface area contributed by atoms with Gasteiger partial charge in [-0.25, -0.2) is 0 Å². The van der Waals surface area contributed by atoms with E-state index in [1.165, 1.54) is 22.6 Å². The molecule has 0 atom stereocenters. The molecule has 1 saturated carbocycles. The van der Waals surface area contributed by atoms with E-state index in [1.54, 1.807) is 11.3 Å². The van der Waals surface area contributed by atoms with Gasteiger partial charge in [-0.1, -0.05) is 0 Å². The third-order valence-corrected chi connectivity index (χ3v) is 3.62.